The van der Waals surface area contributed by atoms with Crippen molar-refractivity contribution in [3.63, 3.8) is 0 Å². The Kier molecular flexibility index (Phi) is 7.10. The lowest BCUT2D eigenvalue weighted by atomic mass is 10.1. The molecule has 1 aliphatic rings. The molecule has 28 heavy (non-hydrogen) atoms. The number of nitrogens with one attached hydrogen (secondary N) is 3. The maximum Gasteiger partial charge on any atom is 0.325 e. The zero-order chi connectivity index (χ0) is 20.8. The number of aromatic amines is 1. The highest BCUT2D eigenvalue weighted by Crippen LogP contribution is 2.19. The van der Waals surface area contributed by atoms with E-state index in [1.807, 2.05) is 0 Å². The van der Waals surface area contributed by atoms with E-state index >= 15 is 0 Å². The molecular weight excluding hydrogens is 368 g/mol. The second-order valence-electron chi connectivity index (χ2n) is 6.89. The van der Waals surface area contributed by atoms with Gasteiger partial charge in [0.2, 0.25) is 17.7 Å². The first-order valence-electron chi connectivity index (χ1n) is 9.07. The lowest BCUT2D eigenvalue weighted by Crippen LogP contribution is -2.56. The fraction of sp³-hybridized carbons (Fsp3) is 0.588. The maximum absolute atomic E-state index is 13.1. The van der Waals surface area contributed by atoms with Crippen molar-refractivity contribution in [3.8, 4) is 0 Å². The van der Waals surface area contributed by atoms with Gasteiger partial charge in [0, 0.05) is 24.9 Å². The molecule has 0 radical (unpaired) electrons. The second kappa shape index (κ2) is 9.31. The molecule has 1 aromatic heterocycles. The number of carboxylic acids is 1. The summed E-state index contributed by atoms with van der Waals surface area (Å²) in [7, 11) is 0. The van der Waals surface area contributed by atoms with Crippen LogP contribution >= 0.6 is 0 Å². The zero-order valence-electron chi connectivity index (χ0n) is 15.8. The van der Waals surface area contributed by atoms with E-state index in [0.717, 1.165) is 0 Å². The lowest BCUT2D eigenvalue weighted by molar-refractivity contribution is -0.144. The van der Waals surface area contributed by atoms with Gasteiger partial charge in [-0.2, -0.15) is 0 Å². The van der Waals surface area contributed by atoms with Gasteiger partial charge >= 0.3 is 5.97 Å². The van der Waals surface area contributed by atoms with E-state index in [0.29, 0.717) is 25.1 Å². The third-order valence-electron chi connectivity index (χ3n) is 4.57. The average Bonchev–Trinajstić information content (AvgIpc) is 3.31. The Hall–Kier alpha value is -2.95. The minimum absolute atomic E-state index is 0.160. The molecule has 0 aromatic carbocycles. The molecule has 4 atom stereocenters. The van der Waals surface area contributed by atoms with Gasteiger partial charge in [-0.1, -0.05) is 0 Å². The number of likely N-dealkylation sites (tertiary alicyclic amines) is 1. The summed E-state index contributed by atoms with van der Waals surface area (Å²) >= 11 is 0. The van der Waals surface area contributed by atoms with E-state index in [1.54, 1.807) is 6.20 Å². The molecule has 0 spiro atoms. The van der Waals surface area contributed by atoms with Gasteiger partial charge in [-0.3, -0.25) is 19.2 Å². The van der Waals surface area contributed by atoms with Crippen molar-refractivity contribution in [2.75, 3.05) is 6.54 Å². The van der Waals surface area contributed by atoms with E-state index in [9.17, 15) is 19.2 Å². The number of nitrogens with two attached hydrogens (primary N) is 1. The third kappa shape index (κ3) is 5.28. The zero-order valence-corrected chi connectivity index (χ0v) is 15.8. The van der Waals surface area contributed by atoms with Crippen LogP contribution in [0.15, 0.2) is 12.5 Å². The molecule has 6 N–H and O–H groups in total. The van der Waals surface area contributed by atoms with Crippen LogP contribution in [0, 0.1) is 0 Å². The summed E-state index contributed by atoms with van der Waals surface area (Å²) in [6.07, 6.45) is 4.18. The molecule has 1 aliphatic heterocycles. The third-order valence-corrected chi connectivity index (χ3v) is 4.57. The molecule has 11 nitrogen and oxygen atoms in total. The van der Waals surface area contributed by atoms with Crippen molar-refractivity contribution in [3.05, 3.63) is 18.2 Å². The molecule has 1 aromatic rings. The molecule has 0 saturated carbocycles. The summed E-state index contributed by atoms with van der Waals surface area (Å²) in [6.45, 7) is 3.20. The number of carbonyl (C=O) groups is 4. The summed E-state index contributed by atoms with van der Waals surface area (Å²) in [5, 5.41) is 14.0. The van der Waals surface area contributed by atoms with Gasteiger partial charge in [-0.25, -0.2) is 4.98 Å². The number of hydrogen-bond donors (Lipinski definition) is 5. The number of nitrogens with zero attached hydrogens (tertiary/aromatic N) is 2. The van der Waals surface area contributed by atoms with Crippen molar-refractivity contribution in [2.45, 2.75) is 57.3 Å². The van der Waals surface area contributed by atoms with Crippen LogP contribution < -0.4 is 16.4 Å². The summed E-state index contributed by atoms with van der Waals surface area (Å²) < 4.78 is 0. The minimum Gasteiger partial charge on any atom is -0.480 e. The smallest absolute Gasteiger partial charge is 0.325 e. The number of H-pyrrole nitrogens is 1. The fourth-order valence-electron chi connectivity index (χ4n) is 2.99. The largest absolute Gasteiger partial charge is 0.480 e. The van der Waals surface area contributed by atoms with Crippen LogP contribution in [-0.2, 0) is 25.6 Å². The van der Waals surface area contributed by atoms with Crippen molar-refractivity contribution in [2.24, 2.45) is 5.73 Å². The Morgan fingerprint density at radius 2 is 2.07 bits per heavy atom. The number of carboxylic acid groups (broad SMARTS) is 1. The summed E-state index contributed by atoms with van der Waals surface area (Å²) in [4.78, 5) is 56.8. The number of aromatic nitrogens is 2. The summed E-state index contributed by atoms with van der Waals surface area (Å²) in [5.74, 6) is -2.60. The normalized spacial score (nSPS) is 19.5. The number of carbonyl (C=O) groups excluding carboxylic acids is 3. The predicted octanol–water partition coefficient (Wildman–Crippen LogP) is -1.64. The molecule has 0 aliphatic carbocycles. The van der Waals surface area contributed by atoms with Gasteiger partial charge in [-0.05, 0) is 26.7 Å². The molecule has 0 bridgehead atoms. The van der Waals surface area contributed by atoms with Crippen LogP contribution in [0.2, 0.25) is 0 Å². The van der Waals surface area contributed by atoms with E-state index < -0.39 is 47.9 Å². The van der Waals surface area contributed by atoms with Gasteiger partial charge in [0.25, 0.3) is 0 Å². The highest BCUT2D eigenvalue weighted by Gasteiger charge is 2.38. The molecule has 1 fully saturated rings. The number of aliphatic carboxylic acids is 1. The first-order valence-corrected chi connectivity index (χ1v) is 9.07. The Morgan fingerprint density at radius 1 is 1.36 bits per heavy atom. The first kappa shape index (κ1) is 21.4. The van der Waals surface area contributed by atoms with E-state index in [4.69, 9.17) is 10.8 Å². The Bertz CT molecular complexity index is 720. The quantitative estimate of drug-likeness (QED) is 0.352. The molecule has 2 rings (SSSR count). The van der Waals surface area contributed by atoms with Gasteiger partial charge in [0.1, 0.15) is 18.1 Å². The second-order valence-corrected chi connectivity index (χ2v) is 6.89. The standard InChI is InChI=1S/C17H26N6O5/c1-9(18)14(24)22-12(6-11-7-19-8-20-11)16(26)23-5-3-4-13(23)15(25)21-10(2)17(27)28/h7-10,12-13H,3-6,18H2,1-2H3,(H,19,20)(H,21,25)(H,22,24)(H,27,28). The molecular formula is C17H26N6O5. The van der Waals surface area contributed by atoms with Crippen LogP contribution in [0.3, 0.4) is 0 Å². The maximum atomic E-state index is 13.1. The van der Waals surface area contributed by atoms with E-state index in [-0.39, 0.29) is 6.42 Å². The van der Waals surface area contributed by atoms with Crippen molar-refractivity contribution < 1.29 is 24.3 Å². The number of hydrogen-bond acceptors (Lipinski definition) is 6. The number of amides is 3. The fourth-order valence-corrected chi connectivity index (χ4v) is 2.99. The van der Waals surface area contributed by atoms with E-state index in [1.165, 1.54) is 25.1 Å². The molecule has 154 valence electrons. The van der Waals surface area contributed by atoms with Gasteiger partial charge < -0.3 is 31.4 Å². The number of rotatable bonds is 8. The van der Waals surface area contributed by atoms with Gasteiger partial charge in [0.15, 0.2) is 0 Å². The highest BCUT2D eigenvalue weighted by atomic mass is 16.4. The van der Waals surface area contributed by atoms with Crippen LogP contribution in [0.5, 0.6) is 0 Å². The van der Waals surface area contributed by atoms with E-state index in [2.05, 4.69) is 20.6 Å². The van der Waals surface area contributed by atoms with Crippen LogP contribution in [0.25, 0.3) is 0 Å². The molecule has 11 heteroatoms. The Labute approximate surface area is 162 Å². The molecule has 1 saturated heterocycles. The van der Waals surface area contributed by atoms with Crippen molar-refractivity contribution in [1.29, 1.82) is 0 Å². The average molecular weight is 394 g/mol. The first-order chi connectivity index (χ1) is 13.2. The Balaban J connectivity index is 2.15. The molecule has 2 heterocycles. The number of imidazole rings is 1. The van der Waals surface area contributed by atoms with Gasteiger partial charge in [-0.15, -0.1) is 0 Å². The van der Waals surface area contributed by atoms with Crippen LogP contribution in [-0.4, -0.2) is 74.4 Å². The van der Waals surface area contributed by atoms with Crippen molar-refractivity contribution in [1.82, 2.24) is 25.5 Å². The predicted molar refractivity (Wildman–Crippen MR) is 97.8 cm³/mol. The summed E-state index contributed by atoms with van der Waals surface area (Å²) in [5.41, 5.74) is 6.23. The van der Waals surface area contributed by atoms with Crippen molar-refractivity contribution >= 4 is 23.7 Å². The van der Waals surface area contributed by atoms with Gasteiger partial charge in [0.05, 0.1) is 12.4 Å². The minimum atomic E-state index is -1.16. The Morgan fingerprint density at radius 3 is 2.64 bits per heavy atom. The van der Waals surface area contributed by atoms with Crippen LogP contribution in [0.1, 0.15) is 32.4 Å². The SMILES string of the molecule is CC(N)C(=O)NC(Cc1cnc[nH]1)C(=O)N1CCCC1C(=O)NC(C)C(=O)O. The van der Waals surface area contributed by atoms with Crippen LogP contribution in [0.4, 0.5) is 0 Å². The lowest BCUT2D eigenvalue weighted by Gasteiger charge is -2.29. The summed E-state index contributed by atoms with van der Waals surface area (Å²) in [6, 6.07) is -3.58. The highest BCUT2D eigenvalue weighted by molar-refractivity contribution is 5.94. The molecule has 3 amide bonds. The monoisotopic (exact) mass is 394 g/mol. The molecule has 4 unspecified atom stereocenters. The topological polar surface area (TPSA) is 171 Å².